The molecular weight excluding hydrogens is 442 g/mol. The van der Waals surface area contributed by atoms with Crippen molar-refractivity contribution in [1.82, 2.24) is 9.78 Å². The number of aryl methyl sites for hydroxylation is 1. The number of hydrogen-bond donors (Lipinski definition) is 1. The van der Waals surface area contributed by atoms with Gasteiger partial charge in [-0.2, -0.15) is 5.10 Å². The highest BCUT2D eigenvalue weighted by atomic mass is 79.9. The molecule has 0 spiro atoms. The van der Waals surface area contributed by atoms with E-state index in [9.17, 15) is 9.59 Å². The third-order valence-corrected chi connectivity index (χ3v) is 5.89. The number of aromatic nitrogens is 2. The number of rotatable bonds is 5. The zero-order valence-electron chi connectivity index (χ0n) is 15.7. The molecule has 0 bridgehead atoms. The minimum atomic E-state index is -0.555. The van der Waals surface area contributed by atoms with E-state index in [1.807, 2.05) is 19.9 Å². The lowest BCUT2D eigenvalue weighted by molar-refractivity contribution is -0.119. The third kappa shape index (κ3) is 4.03. The second-order valence-electron chi connectivity index (χ2n) is 6.48. The normalized spacial score (nSPS) is 11.9. The van der Waals surface area contributed by atoms with Gasteiger partial charge in [-0.15, -0.1) is 0 Å². The highest BCUT2D eigenvalue weighted by molar-refractivity contribution is 9.10. The maximum Gasteiger partial charge on any atom is 0.248 e. The molecule has 0 aliphatic carbocycles. The molecule has 1 atom stereocenters. The van der Waals surface area contributed by atoms with Crippen molar-refractivity contribution in [3.63, 3.8) is 0 Å². The van der Waals surface area contributed by atoms with Gasteiger partial charge in [0.15, 0.2) is 5.78 Å². The van der Waals surface area contributed by atoms with Crippen molar-refractivity contribution in [2.45, 2.75) is 26.8 Å². The predicted molar refractivity (Wildman–Crippen MR) is 114 cm³/mol. The highest BCUT2D eigenvalue weighted by Crippen LogP contribution is 2.26. The fraction of sp³-hybridized carbons (Fsp3) is 0.190. The lowest BCUT2D eigenvalue weighted by Crippen LogP contribution is -2.26. The zero-order chi connectivity index (χ0) is 20.4. The number of nitrogens with zero attached hydrogens (tertiary/aromatic N) is 2. The number of halogens is 2. The second-order valence-corrected chi connectivity index (χ2v) is 7.71. The van der Waals surface area contributed by atoms with Gasteiger partial charge in [-0.1, -0.05) is 41.9 Å². The van der Waals surface area contributed by atoms with Crippen molar-refractivity contribution >= 4 is 44.9 Å². The van der Waals surface area contributed by atoms with Crippen molar-refractivity contribution in [2.75, 3.05) is 5.32 Å². The molecule has 5 nitrogen and oxygen atoms in total. The van der Waals surface area contributed by atoms with Crippen LogP contribution in [0.15, 0.2) is 53.0 Å². The van der Waals surface area contributed by atoms with Crippen LogP contribution in [0.4, 0.5) is 5.69 Å². The van der Waals surface area contributed by atoms with E-state index in [0.29, 0.717) is 21.8 Å². The third-order valence-electron chi connectivity index (χ3n) is 4.50. The molecule has 1 aromatic heterocycles. The van der Waals surface area contributed by atoms with Gasteiger partial charge in [0.05, 0.1) is 21.5 Å². The van der Waals surface area contributed by atoms with Crippen molar-refractivity contribution < 1.29 is 9.59 Å². The van der Waals surface area contributed by atoms with E-state index in [4.69, 9.17) is 11.6 Å². The summed E-state index contributed by atoms with van der Waals surface area (Å²) < 4.78 is 2.53. The lowest BCUT2D eigenvalue weighted by Gasteiger charge is -2.16. The molecule has 2 aromatic carbocycles. The van der Waals surface area contributed by atoms with Crippen LogP contribution in [-0.2, 0) is 4.79 Å². The number of amides is 1. The summed E-state index contributed by atoms with van der Waals surface area (Å²) in [5, 5.41) is 7.68. The van der Waals surface area contributed by atoms with Crippen LogP contribution in [0.3, 0.4) is 0 Å². The van der Waals surface area contributed by atoms with Gasteiger partial charge in [0.1, 0.15) is 6.04 Å². The van der Waals surface area contributed by atoms with Gasteiger partial charge >= 0.3 is 0 Å². The number of benzene rings is 2. The minimum Gasteiger partial charge on any atom is -0.324 e. The Bertz CT molecular complexity index is 1050. The average molecular weight is 461 g/mol. The molecule has 144 valence electrons. The van der Waals surface area contributed by atoms with Gasteiger partial charge in [-0.05, 0) is 54.9 Å². The number of hydrogen-bond acceptors (Lipinski definition) is 3. The van der Waals surface area contributed by atoms with Gasteiger partial charge in [-0.3, -0.25) is 14.3 Å². The topological polar surface area (TPSA) is 64.0 Å². The largest absolute Gasteiger partial charge is 0.324 e. The van der Waals surface area contributed by atoms with Crippen LogP contribution in [0.5, 0.6) is 0 Å². The Morgan fingerprint density at radius 3 is 2.43 bits per heavy atom. The fourth-order valence-electron chi connectivity index (χ4n) is 2.93. The van der Waals surface area contributed by atoms with E-state index in [1.54, 1.807) is 54.1 Å². The van der Waals surface area contributed by atoms with Crippen molar-refractivity contribution in [1.29, 1.82) is 0 Å². The molecule has 1 heterocycles. The van der Waals surface area contributed by atoms with Crippen molar-refractivity contribution in [2.24, 2.45) is 0 Å². The number of nitrogens with one attached hydrogen (secondary N) is 1. The van der Waals surface area contributed by atoms with E-state index in [0.717, 1.165) is 15.9 Å². The number of carbonyl (C=O) groups excluding carboxylic acids is 2. The predicted octanol–water partition coefficient (Wildman–Crippen LogP) is 5.35. The molecule has 0 aliphatic rings. The molecular formula is C21H19BrClN3O2. The summed E-state index contributed by atoms with van der Waals surface area (Å²) in [6.07, 6.45) is 0. The van der Waals surface area contributed by atoms with Gasteiger partial charge in [0.2, 0.25) is 5.91 Å². The van der Waals surface area contributed by atoms with Gasteiger partial charge in [0.25, 0.3) is 0 Å². The van der Waals surface area contributed by atoms with Gasteiger partial charge in [-0.25, -0.2) is 0 Å². The summed E-state index contributed by atoms with van der Waals surface area (Å²) in [5.74, 6) is -0.484. The van der Waals surface area contributed by atoms with E-state index < -0.39 is 6.04 Å². The smallest absolute Gasteiger partial charge is 0.248 e. The van der Waals surface area contributed by atoms with Crippen LogP contribution in [0.1, 0.15) is 40.3 Å². The van der Waals surface area contributed by atoms with E-state index in [1.165, 1.54) is 0 Å². The fourth-order valence-corrected chi connectivity index (χ4v) is 3.36. The Kier molecular flexibility index (Phi) is 6.01. The zero-order valence-corrected chi connectivity index (χ0v) is 18.0. The van der Waals surface area contributed by atoms with Crippen molar-refractivity contribution in [3.05, 3.63) is 80.5 Å². The first-order valence-corrected chi connectivity index (χ1v) is 9.88. The van der Waals surface area contributed by atoms with Crippen LogP contribution in [0.2, 0.25) is 5.02 Å². The Balaban J connectivity index is 1.91. The first-order valence-electron chi connectivity index (χ1n) is 8.71. The molecule has 0 aliphatic heterocycles. The first-order chi connectivity index (χ1) is 13.3. The molecule has 0 saturated carbocycles. The Morgan fingerprint density at radius 2 is 1.82 bits per heavy atom. The van der Waals surface area contributed by atoms with E-state index in [-0.39, 0.29) is 11.7 Å². The number of ketones is 1. The molecule has 1 unspecified atom stereocenters. The first kappa shape index (κ1) is 20.3. The summed E-state index contributed by atoms with van der Waals surface area (Å²) in [5.41, 5.74) is 2.95. The average Bonchev–Trinajstić information content (AvgIpc) is 2.96. The molecule has 28 heavy (non-hydrogen) atoms. The molecule has 7 heteroatoms. The maximum atomic E-state index is 12.9. The summed E-state index contributed by atoms with van der Waals surface area (Å²) in [6, 6.07) is 13.2. The Hall–Kier alpha value is -2.44. The SMILES string of the molecule is Cc1nn(C(C)C(=O)Nc2ccc(Cl)cc2C(=O)c2ccccc2)c(C)c1Br. The summed E-state index contributed by atoms with van der Waals surface area (Å²) in [7, 11) is 0. The van der Waals surface area contributed by atoms with Gasteiger partial charge in [0, 0.05) is 16.1 Å². The van der Waals surface area contributed by atoms with Crippen LogP contribution >= 0.6 is 27.5 Å². The van der Waals surface area contributed by atoms with Gasteiger partial charge < -0.3 is 5.32 Å². The molecule has 0 saturated heterocycles. The maximum absolute atomic E-state index is 12.9. The van der Waals surface area contributed by atoms with Crippen LogP contribution in [0.25, 0.3) is 0 Å². The minimum absolute atomic E-state index is 0.208. The molecule has 1 N–H and O–H groups in total. The highest BCUT2D eigenvalue weighted by Gasteiger charge is 2.22. The number of carbonyl (C=O) groups is 2. The van der Waals surface area contributed by atoms with Crippen LogP contribution in [0, 0.1) is 13.8 Å². The summed E-state index contributed by atoms with van der Waals surface area (Å²) >= 11 is 9.57. The summed E-state index contributed by atoms with van der Waals surface area (Å²) in [6.45, 7) is 5.52. The summed E-state index contributed by atoms with van der Waals surface area (Å²) in [4.78, 5) is 25.8. The van der Waals surface area contributed by atoms with E-state index in [2.05, 4.69) is 26.3 Å². The second kappa shape index (κ2) is 8.29. The van der Waals surface area contributed by atoms with Crippen molar-refractivity contribution in [3.8, 4) is 0 Å². The molecule has 0 fully saturated rings. The Morgan fingerprint density at radius 1 is 1.14 bits per heavy atom. The molecule has 3 rings (SSSR count). The standard InChI is InChI=1S/C21H19BrClN3O2/c1-12-19(22)13(2)26(25-12)14(3)21(28)24-18-10-9-16(23)11-17(18)20(27)15-7-5-4-6-8-15/h4-11,14H,1-3H3,(H,24,28). The lowest BCUT2D eigenvalue weighted by atomic mass is 10.0. The Labute approximate surface area is 176 Å². The van der Waals surface area contributed by atoms with Crippen LogP contribution < -0.4 is 5.32 Å². The van der Waals surface area contributed by atoms with E-state index >= 15 is 0 Å². The molecule has 3 aromatic rings. The molecule has 1 amide bonds. The quantitative estimate of drug-likeness (QED) is 0.522. The number of anilines is 1. The monoisotopic (exact) mass is 459 g/mol. The molecule has 0 radical (unpaired) electrons. The van der Waals surface area contributed by atoms with Crippen LogP contribution in [-0.4, -0.2) is 21.5 Å².